The Morgan fingerprint density at radius 2 is 1.70 bits per heavy atom. The molecule has 0 aromatic heterocycles. The van der Waals surface area contributed by atoms with Gasteiger partial charge >= 0.3 is 0 Å². The van der Waals surface area contributed by atoms with Crippen LogP contribution in [0, 0.1) is 11.3 Å². The van der Waals surface area contributed by atoms with E-state index in [0.717, 1.165) is 5.56 Å². The lowest BCUT2D eigenvalue weighted by Gasteiger charge is -2.18. The molecule has 1 aliphatic heterocycles. The normalized spacial score (nSPS) is 16.9. The number of hydrogen-bond donors (Lipinski definition) is 1. The molecule has 2 amide bonds. The van der Waals surface area contributed by atoms with Crippen molar-refractivity contribution in [3.8, 4) is 6.07 Å². The lowest BCUT2D eigenvalue weighted by Crippen LogP contribution is -2.30. The predicted octanol–water partition coefficient (Wildman–Crippen LogP) is 6.06. The molecule has 0 radical (unpaired) electrons. The minimum atomic E-state index is -0.668. The van der Waals surface area contributed by atoms with Gasteiger partial charge in [-0.15, -0.1) is 0 Å². The summed E-state index contributed by atoms with van der Waals surface area (Å²) in [7, 11) is 0. The standard InChI is InChI=1S/C25H17Cl2N3O2S/c26-17-11-12-20(27)21(14-17)29-23(31)19(15-28)25-30(18-9-5-2-6-10-18)24(32)22(33-25)13-16-7-3-1-4-8-16/h1-12,14,22H,13H2,(H,29,31)/b25-19-/t22-/m1/s1. The van der Waals surface area contributed by atoms with Crippen molar-refractivity contribution in [2.45, 2.75) is 11.7 Å². The van der Waals surface area contributed by atoms with Crippen LogP contribution in [0.15, 0.2) is 89.5 Å². The third-order valence-electron chi connectivity index (χ3n) is 4.96. The van der Waals surface area contributed by atoms with E-state index in [0.29, 0.717) is 17.1 Å². The number of carbonyl (C=O) groups excluding carboxylic acids is 2. The van der Waals surface area contributed by atoms with Gasteiger partial charge in [-0.25, -0.2) is 0 Å². The van der Waals surface area contributed by atoms with Crippen LogP contribution in [0.4, 0.5) is 11.4 Å². The van der Waals surface area contributed by atoms with Gasteiger partial charge in [-0.2, -0.15) is 5.26 Å². The van der Waals surface area contributed by atoms with E-state index in [2.05, 4.69) is 5.32 Å². The number of anilines is 2. The lowest BCUT2D eigenvalue weighted by molar-refractivity contribution is -0.117. The maximum atomic E-state index is 13.4. The molecule has 1 N–H and O–H groups in total. The molecule has 0 spiro atoms. The molecule has 164 valence electrons. The number of rotatable bonds is 5. The van der Waals surface area contributed by atoms with Crippen LogP contribution in [0.25, 0.3) is 0 Å². The molecule has 0 aliphatic carbocycles. The summed E-state index contributed by atoms with van der Waals surface area (Å²) in [5, 5.41) is 13.0. The predicted molar refractivity (Wildman–Crippen MR) is 133 cm³/mol. The molecule has 1 fully saturated rings. The van der Waals surface area contributed by atoms with Gasteiger partial charge in [0.05, 0.1) is 16.0 Å². The second-order valence-corrected chi connectivity index (χ2v) is 9.21. The highest BCUT2D eigenvalue weighted by Crippen LogP contribution is 2.42. The quantitative estimate of drug-likeness (QED) is 0.346. The number of halogens is 2. The number of amides is 2. The van der Waals surface area contributed by atoms with Gasteiger partial charge in [0.25, 0.3) is 5.91 Å². The molecule has 4 rings (SSSR count). The van der Waals surface area contributed by atoms with Crippen molar-refractivity contribution >= 4 is 58.2 Å². The lowest BCUT2D eigenvalue weighted by atomic mass is 10.1. The molecule has 1 saturated heterocycles. The number of nitrogens with one attached hydrogen (secondary N) is 1. The van der Waals surface area contributed by atoms with E-state index in [4.69, 9.17) is 23.2 Å². The first-order valence-corrected chi connectivity index (χ1v) is 11.6. The van der Waals surface area contributed by atoms with Crippen molar-refractivity contribution in [2.75, 3.05) is 10.2 Å². The zero-order valence-corrected chi connectivity index (χ0v) is 19.5. The zero-order valence-electron chi connectivity index (χ0n) is 17.2. The van der Waals surface area contributed by atoms with Crippen molar-refractivity contribution in [3.05, 3.63) is 105 Å². The number of nitrogens with zero attached hydrogens (tertiary/aromatic N) is 2. The van der Waals surface area contributed by atoms with Crippen LogP contribution < -0.4 is 10.2 Å². The molecule has 8 heteroatoms. The third kappa shape index (κ3) is 5.07. The van der Waals surface area contributed by atoms with Gasteiger partial charge in [0.15, 0.2) is 0 Å². The first kappa shape index (κ1) is 22.9. The van der Waals surface area contributed by atoms with Crippen molar-refractivity contribution in [1.29, 1.82) is 5.26 Å². The molecule has 0 saturated carbocycles. The van der Waals surface area contributed by atoms with E-state index >= 15 is 0 Å². The Morgan fingerprint density at radius 1 is 1.03 bits per heavy atom. The Kier molecular flexibility index (Phi) is 7.05. The summed E-state index contributed by atoms with van der Waals surface area (Å²) in [4.78, 5) is 28.0. The van der Waals surface area contributed by atoms with Gasteiger partial charge in [0, 0.05) is 10.7 Å². The van der Waals surface area contributed by atoms with Gasteiger partial charge in [-0.3, -0.25) is 14.5 Å². The van der Waals surface area contributed by atoms with E-state index in [1.165, 1.54) is 22.7 Å². The number of benzene rings is 3. The molecular weight excluding hydrogens is 477 g/mol. The van der Waals surface area contributed by atoms with Crippen LogP contribution in [0.1, 0.15) is 5.56 Å². The summed E-state index contributed by atoms with van der Waals surface area (Å²) in [6.07, 6.45) is 0.470. The van der Waals surface area contributed by atoms with E-state index in [-0.39, 0.29) is 27.2 Å². The van der Waals surface area contributed by atoms with Crippen LogP contribution in [-0.2, 0) is 16.0 Å². The number of nitriles is 1. The fourth-order valence-electron chi connectivity index (χ4n) is 3.41. The van der Waals surface area contributed by atoms with Gasteiger partial charge in [0.2, 0.25) is 5.91 Å². The van der Waals surface area contributed by atoms with E-state index in [1.807, 2.05) is 42.5 Å². The molecule has 1 aliphatic rings. The average Bonchev–Trinajstić information content (AvgIpc) is 3.13. The maximum absolute atomic E-state index is 13.4. The number of carbonyl (C=O) groups is 2. The van der Waals surface area contributed by atoms with Crippen LogP contribution in [-0.4, -0.2) is 17.1 Å². The summed E-state index contributed by atoms with van der Waals surface area (Å²) < 4.78 is 0. The van der Waals surface area contributed by atoms with Crippen LogP contribution >= 0.6 is 35.0 Å². The fraction of sp³-hybridized carbons (Fsp3) is 0.0800. The molecular formula is C25H17Cl2N3O2S. The molecule has 3 aromatic rings. The van der Waals surface area contributed by atoms with E-state index in [9.17, 15) is 14.9 Å². The van der Waals surface area contributed by atoms with Crippen molar-refractivity contribution in [1.82, 2.24) is 0 Å². The molecule has 0 bridgehead atoms. The van der Waals surface area contributed by atoms with Crippen molar-refractivity contribution in [3.63, 3.8) is 0 Å². The van der Waals surface area contributed by atoms with Crippen LogP contribution in [0.5, 0.6) is 0 Å². The summed E-state index contributed by atoms with van der Waals surface area (Å²) in [6.45, 7) is 0. The molecule has 1 heterocycles. The molecule has 0 unspecified atom stereocenters. The Labute approximate surface area is 205 Å². The Bertz CT molecular complexity index is 1270. The number of thioether (sulfide) groups is 1. The summed E-state index contributed by atoms with van der Waals surface area (Å²) in [5.41, 5.74) is 1.68. The molecule has 3 aromatic carbocycles. The van der Waals surface area contributed by atoms with Gasteiger partial charge < -0.3 is 5.32 Å². The van der Waals surface area contributed by atoms with Gasteiger partial charge in [0.1, 0.15) is 16.7 Å². The van der Waals surface area contributed by atoms with Crippen molar-refractivity contribution in [2.24, 2.45) is 0 Å². The highest BCUT2D eigenvalue weighted by atomic mass is 35.5. The minimum Gasteiger partial charge on any atom is -0.320 e. The number of hydrogen-bond acceptors (Lipinski definition) is 4. The zero-order chi connectivity index (χ0) is 23.4. The summed E-state index contributed by atoms with van der Waals surface area (Å²) in [6, 6.07) is 25.2. The average molecular weight is 494 g/mol. The maximum Gasteiger partial charge on any atom is 0.269 e. The largest absolute Gasteiger partial charge is 0.320 e. The van der Waals surface area contributed by atoms with Crippen molar-refractivity contribution < 1.29 is 9.59 Å². The SMILES string of the molecule is N#C/C(C(=O)Nc1cc(Cl)ccc1Cl)=C1/S[C@H](Cc2ccccc2)C(=O)N1c1ccccc1. The Morgan fingerprint density at radius 3 is 2.36 bits per heavy atom. The second kappa shape index (κ2) is 10.1. The van der Waals surface area contributed by atoms with E-state index in [1.54, 1.807) is 36.4 Å². The first-order chi connectivity index (χ1) is 16.0. The topological polar surface area (TPSA) is 73.2 Å². The minimum absolute atomic E-state index is 0.177. The monoisotopic (exact) mass is 493 g/mol. The molecule has 1 atom stereocenters. The van der Waals surface area contributed by atoms with Gasteiger partial charge in [-0.05, 0) is 42.3 Å². The Balaban J connectivity index is 1.73. The number of para-hydroxylation sites is 1. The smallest absolute Gasteiger partial charge is 0.269 e. The summed E-state index contributed by atoms with van der Waals surface area (Å²) in [5.74, 6) is -0.857. The highest BCUT2D eigenvalue weighted by molar-refractivity contribution is 8.05. The highest BCUT2D eigenvalue weighted by Gasteiger charge is 2.40. The second-order valence-electron chi connectivity index (χ2n) is 7.18. The fourth-order valence-corrected chi connectivity index (χ4v) is 5.05. The van der Waals surface area contributed by atoms with Crippen LogP contribution in [0.3, 0.4) is 0 Å². The van der Waals surface area contributed by atoms with E-state index < -0.39 is 11.2 Å². The Hall–Kier alpha value is -3.24. The first-order valence-electron chi connectivity index (χ1n) is 9.98. The summed E-state index contributed by atoms with van der Waals surface area (Å²) >= 11 is 13.4. The van der Waals surface area contributed by atoms with Crippen LogP contribution in [0.2, 0.25) is 10.0 Å². The molecule has 33 heavy (non-hydrogen) atoms. The third-order valence-corrected chi connectivity index (χ3v) is 6.79. The van der Waals surface area contributed by atoms with Gasteiger partial charge in [-0.1, -0.05) is 83.5 Å². The molecule has 5 nitrogen and oxygen atoms in total.